The van der Waals surface area contributed by atoms with Crippen molar-refractivity contribution in [3.05, 3.63) is 47.0 Å². The van der Waals surface area contributed by atoms with E-state index in [9.17, 15) is 14.7 Å². The van der Waals surface area contributed by atoms with Crippen molar-refractivity contribution in [3.8, 4) is 28.7 Å². The van der Waals surface area contributed by atoms with Crippen LogP contribution in [0.5, 0.6) is 28.7 Å². The van der Waals surface area contributed by atoms with Crippen LogP contribution in [0.15, 0.2) is 35.9 Å². The molecule has 2 aromatic rings. The molecule has 0 bridgehead atoms. The lowest BCUT2D eigenvalue weighted by Gasteiger charge is -2.28. The molecular formula is C26H27NO9. The molecule has 5 rings (SSSR count). The van der Waals surface area contributed by atoms with E-state index in [4.69, 9.17) is 28.4 Å². The first-order valence-corrected chi connectivity index (χ1v) is 11.6. The van der Waals surface area contributed by atoms with Gasteiger partial charge in [-0.25, -0.2) is 0 Å². The number of likely N-dealkylation sites (tertiary alicyclic amines) is 1. The van der Waals surface area contributed by atoms with Crippen LogP contribution in [0.4, 0.5) is 0 Å². The molecule has 2 fully saturated rings. The average molecular weight is 498 g/mol. The number of rotatable bonds is 7. The first-order valence-electron chi connectivity index (χ1n) is 11.6. The number of carbonyl (C=O) groups excluding carboxylic acids is 2. The van der Waals surface area contributed by atoms with Crippen molar-refractivity contribution in [2.24, 2.45) is 0 Å². The highest BCUT2D eigenvalue weighted by molar-refractivity contribution is 6.46. The number of nitrogens with zero attached hydrogens (tertiary/aromatic N) is 1. The van der Waals surface area contributed by atoms with Gasteiger partial charge in [0.15, 0.2) is 23.0 Å². The van der Waals surface area contributed by atoms with Gasteiger partial charge in [0, 0.05) is 18.7 Å². The molecule has 0 aliphatic carbocycles. The summed E-state index contributed by atoms with van der Waals surface area (Å²) in [5.74, 6) is 0.239. The Hall–Kier alpha value is -3.92. The fourth-order valence-corrected chi connectivity index (χ4v) is 4.88. The van der Waals surface area contributed by atoms with Gasteiger partial charge in [0.25, 0.3) is 11.7 Å². The van der Waals surface area contributed by atoms with Crippen molar-refractivity contribution >= 4 is 17.4 Å². The molecule has 1 N–H and O–H groups in total. The molecule has 10 heteroatoms. The Bertz CT molecular complexity index is 1210. The maximum atomic E-state index is 13.4. The third-order valence-corrected chi connectivity index (χ3v) is 6.61. The van der Waals surface area contributed by atoms with E-state index in [-0.39, 0.29) is 30.8 Å². The van der Waals surface area contributed by atoms with Gasteiger partial charge in [-0.05, 0) is 48.7 Å². The minimum absolute atomic E-state index is 0.0499. The molecule has 0 saturated carbocycles. The summed E-state index contributed by atoms with van der Waals surface area (Å²) in [5, 5.41) is 11.4. The van der Waals surface area contributed by atoms with Crippen molar-refractivity contribution in [1.29, 1.82) is 0 Å². The van der Waals surface area contributed by atoms with Gasteiger partial charge >= 0.3 is 0 Å². The summed E-state index contributed by atoms with van der Waals surface area (Å²) < 4.78 is 33.0. The lowest BCUT2D eigenvalue weighted by molar-refractivity contribution is -0.140. The summed E-state index contributed by atoms with van der Waals surface area (Å²) in [6, 6.07) is 7.28. The van der Waals surface area contributed by atoms with E-state index in [1.165, 1.54) is 26.2 Å². The summed E-state index contributed by atoms with van der Waals surface area (Å²) in [6.45, 7) is 0.862. The van der Waals surface area contributed by atoms with Gasteiger partial charge in [0.2, 0.25) is 12.5 Å². The molecule has 0 spiro atoms. The summed E-state index contributed by atoms with van der Waals surface area (Å²) in [6.07, 6.45) is 1.44. The SMILES string of the molecule is COc1cc([C@@H]2C(=C(O)c3ccc4c(c3)OCO4)C(=O)C(=O)N2C[C@@H]2CCCO2)cc(OC)c1OC. The molecule has 2 atom stereocenters. The zero-order valence-corrected chi connectivity index (χ0v) is 20.2. The third-order valence-electron chi connectivity index (χ3n) is 6.61. The smallest absolute Gasteiger partial charge is 0.295 e. The van der Waals surface area contributed by atoms with Crippen molar-refractivity contribution in [2.75, 3.05) is 41.3 Å². The highest BCUT2D eigenvalue weighted by Gasteiger charge is 2.47. The minimum atomic E-state index is -0.909. The van der Waals surface area contributed by atoms with Crippen molar-refractivity contribution < 1.29 is 43.1 Å². The lowest BCUT2D eigenvalue weighted by Crippen LogP contribution is -2.36. The highest BCUT2D eigenvalue weighted by atomic mass is 16.7. The second-order valence-corrected chi connectivity index (χ2v) is 8.61. The number of aliphatic hydroxyl groups is 1. The number of benzene rings is 2. The van der Waals surface area contributed by atoms with E-state index in [0.717, 1.165) is 12.8 Å². The van der Waals surface area contributed by atoms with Gasteiger partial charge in [-0.3, -0.25) is 9.59 Å². The van der Waals surface area contributed by atoms with Crippen molar-refractivity contribution in [1.82, 2.24) is 4.90 Å². The molecule has 0 aromatic heterocycles. The van der Waals surface area contributed by atoms with Gasteiger partial charge in [-0.2, -0.15) is 0 Å². The van der Waals surface area contributed by atoms with E-state index < -0.39 is 17.7 Å². The molecule has 3 heterocycles. The Balaban J connectivity index is 1.67. The molecular weight excluding hydrogens is 470 g/mol. The van der Waals surface area contributed by atoms with Crippen LogP contribution in [0, 0.1) is 0 Å². The van der Waals surface area contributed by atoms with Crippen molar-refractivity contribution in [2.45, 2.75) is 25.0 Å². The van der Waals surface area contributed by atoms with Crippen LogP contribution in [-0.4, -0.2) is 69.1 Å². The number of methoxy groups -OCH3 is 3. The quantitative estimate of drug-likeness (QED) is 0.350. The summed E-state index contributed by atoms with van der Waals surface area (Å²) in [7, 11) is 4.46. The Labute approximate surface area is 207 Å². The Morgan fingerprint density at radius 1 is 1.03 bits per heavy atom. The average Bonchev–Trinajstić information content (AvgIpc) is 3.64. The molecule has 36 heavy (non-hydrogen) atoms. The van der Waals surface area contributed by atoms with Crippen LogP contribution >= 0.6 is 0 Å². The first-order chi connectivity index (χ1) is 17.5. The molecule has 0 unspecified atom stereocenters. The zero-order chi connectivity index (χ0) is 25.4. The number of aliphatic hydroxyl groups excluding tert-OH is 1. The van der Waals surface area contributed by atoms with E-state index in [1.54, 1.807) is 30.3 Å². The van der Waals surface area contributed by atoms with Gasteiger partial charge in [-0.15, -0.1) is 0 Å². The molecule has 10 nitrogen and oxygen atoms in total. The summed E-state index contributed by atoms with van der Waals surface area (Å²) in [4.78, 5) is 28.1. The largest absolute Gasteiger partial charge is 0.507 e. The fourth-order valence-electron chi connectivity index (χ4n) is 4.88. The van der Waals surface area contributed by atoms with Crippen LogP contribution < -0.4 is 23.7 Å². The topological polar surface area (TPSA) is 113 Å². The van der Waals surface area contributed by atoms with E-state index in [0.29, 0.717) is 46.5 Å². The monoisotopic (exact) mass is 497 g/mol. The molecule has 3 aliphatic rings. The lowest BCUT2D eigenvalue weighted by atomic mass is 9.94. The second-order valence-electron chi connectivity index (χ2n) is 8.61. The normalized spacial score (nSPS) is 22.2. The predicted molar refractivity (Wildman–Crippen MR) is 127 cm³/mol. The molecule has 1 amide bonds. The maximum absolute atomic E-state index is 13.4. The maximum Gasteiger partial charge on any atom is 0.295 e. The number of hydrogen-bond acceptors (Lipinski definition) is 9. The molecule has 2 aromatic carbocycles. The van der Waals surface area contributed by atoms with Gasteiger partial charge in [0.1, 0.15) is 5.76 Å². The second kappa shape index (κ2) is 9.62. The zero-order valence-electron chi connectivity index (χ0n) is 20.2. The molecule has 0 radical (unpaired) electrons. The van der Waals surface area contributed by atoms with Crippen LogP contribution in [0.3, 0.4) is 0 Å². The first kappa shape index (κ1) is 23.8. The van der Waals surface area contributed by atoms with Gasteiger partial charge in [-0.1, -0.05) is 0 Å². The summed E-state index contributed by atoms with van der Waals surface area (Å²) in [5.41, 5.74) is 0.793. The number of fused-ring (bicyclic) bond motifs is 1. The van der Waals surface area contributed by atoms with Crippen LogP contribution in [-0.2, 0) is 14.3 Å². The Kier molecular flexibility index (Phi) is 6.36. The van der Waals surface area contributed by atoms with E-state index in [2.05, 4.69) is 0 Å². The van der Waals surface area contributed by atoms with Crippen LogP contribution in [0.1, 0.15) is 30.0 Å². The Morgan fingerprint density at radius 2 is 1.75 bits per heavy atom. The molecule has 190 valence electrons. The number of ether oxygens (including phenoxy) is 6. The number of Topliss-reactive ketones (excluding diaryl/α,β-unsaturated/α-hetero) is 1. The Morgan fingerprint density at radius 3 is 2.39 bits per heavy atom. The predicted octanol–water partition coefficient (Wildman–Crippen LogP) is 3.04. The fraction of sp³-hybridized carbons (Fsp3) is 0.385. The highest BCUT2D eigenvalue weighted by Crippen LogP contribution is 2.46. The number of carbonyl (C=O) groups is 2. The standard InChI is InChI=1S/C26H27NO9/c1-31-19-10-15(11-20(32-2)25(19)33-3)22-21(23(28)14-6-7-17-18(9-14)36-13-35-17)24(29)26(30)27(22)12-16-5-4-8-34-16/h6-7,9-11,16,22,28H,4-5,8,12-13H2,1-3H3/t16-,22+/m0/s1. The van der Waals surface area contributed by atoms with E-state index >= 15 is 0 Å². The van der Waals surface area contributed by atoms with Crippen LogP contribution in [0.25, 0.3) is 5.76 Å². The van der Waals surface area contributed by atoms with Gasteiger partial charge in [0.05, 0.1) is 39.0 Å². The third kappa shape index (κ3) is 3.97. The number of amides is 1. The molecule has 3 aliphatic heterocycles. The van der Waals surface area contributed by atoms with Crippen molar-refractivity contribution in [3.63, 3.8) is 0 Å². The van der Waals surface area contributed by atoms with Gasteiger partial charge < -0.3 is 38.4 Å². The number of ketones is 1. The van der Waals surface area contributed by atoms with Crippen LogP contribution in [0.2, 0.25) is 0 Å². The molecule has 2 saturated heterocycles. The minimum Gasteiger partial charge on any atom is -0.507 e. The van der Waals surface area contributed by atoms with E-state index in [1.807, 2.05) is 0 Å². The number of hydrogen-bond donors (Lipinski definition) is 1. The summed E-state index contributed by atoms with van der Waals surface area (Å²) >= 11 is 0.